The Labute approximate surface area is 182 Å². The summed E-state index contributed by atoms with van der Waals surface area (Å²) in [6, 6.07) is 29.7. The lowest BCUT2D eigenvalue weighted by atomic mass is 10.00. The molecule has 0 amide bonds. The molecule has 0 saturated heterocycles. The van der Waals surface area contributed by atoms with Gasteiger partial charge in [0.2, 0.25) is 0 Å². The molecule has 0 unspecified atom stereocenters. The zero-order chi connectivity index (χ0) is 21.4. The van der Waals surface area contributed by atoms with Crippen molar-refractivity contribution < 1.29 is 0 Å². The van der Waals surface area contributed by atoms with Gasteiger partial charge in [-0.05, 0) is 77.2 Å². The summed E-state index contributed by atoms with van der Waals surface area (Å²) in [7, 11) is 0. The van der Waals surface area contributed by atoms with Crippen LogP contribution < -0.4 is 11.5 Å². The molecule has 1 aromatic heterocycles. The van der Waals surface area contributed by atoms with Crippen LogP contribution in [-0.4, -0.2) is 4.57 Å². The van der Waals surface area contributed by atoms with Gasteiger partial charge in [0.25, 0.3) is 0 Å². The van der Waals surface area contributed by atoms with E-state index < -0.39 is 0 Å². The molecular weight excluding hydrogens is 378 g/mol. The summed E-state index contributed by atoms with van der Waals surface area (Å²) < 4.78 is 2.46. The second-order valence-corrected chi connectivity index (χ2v) is 8.22. The van der Waals surface area contributed by atoms with E-state index in [9.17, 15) is 0 Å². The van der Waals surface area contributed by atoms with Crippen molar-refractivity contribution in [3.63, 3.8) is 0 Å². The van der Waals surface area contributed by atoms with Gasteiger partial charge in [-0.1, -0.05) is 49.7 Å². The van der Waals surface area contributed by atoms with Crippen LogP contribution in [0.3, 0.4) is 0 Å². The number of nitrogens with zero attached hydrogens (tertiary/aromatic N) is 1. The highest BCUT2D eigenvalue weighted by molar-refractivity contribution is 6.10. The van der Waals surface area contributed by atoms with E-state index in [0.29, 0.717) is 0 Å². The Kier molecular flexibility index (Phi) is 4.87. The molecule has 4 N–H and O–H groups in total. The van der Waals surface area contributed by atoms with Gasteiger partial charge in [-0.3, -0.25) is 0 Å². The Morgan fingerprint density at radius 2 is 1.10 bits per heavy atom. The molecule has 0 atom stereocenters. The van der Waals surface area contributed by atoms with Gasteiger partial charge < -0.3 is 16.0 Å². The van der Waals surface area contributed by atoms with Crippen molar-refractivity contribution in [2.24, 2.45) is 0 Å². The molecule has 0 spiro atoms. The first-order valence-corrected chi connectivity index (χ1v) is 10.9. The van der Waals surface area contributed by atoms with Crippen LogP contribution in [0, 0.1) is 0 Å². The summed E-state index contributed by atoms with van der Waals surface area (Å²) >= 11 is 0. The van der Waals surface area contributed by atoms with E-state index in [-0.39, 0.29) is 0 Å². The van der Waals surface area contributed by atoms with Gasteiger partial charge in [0.1, 0.15) is 0 Å². The topological polar surface area (TPSA) is 57.0 Å². The maximum Gasteiger partial charge on any atom is 0.0491 e. The monoisotopic (exact) mass is 405 g/mol. The predicted molar refractivity (Wildman–Crippen MR) is 134 cm³/mol. The molecule has 31 heavy (non-hydrogen) atoms. The molecule has 0 fully saturated rings. The Balaban J connectivity index is 1.75. The quantitative estimate of drug-likeness (QED) is 0.307. The number of fused-ring (bicyclic) bond motifs is 3. The van der Waals surface area contributed by atoms with Gasteiger partial charge in [-0.15, -0.1) is 0 Å². The van der Waals surface area contributed by atoms with Crippen LogP contribution >= 0.6 is 0 Å². The van der Waals surface area contributed by atoms with Crippen LogP contribution in [0.15, 0.2) is 84.9 Å². The summed E-state index contributed by atoms with van der Waals surface area (Å²) in [6.07, 6.45) is 2.33. The molecule has 0 aliphatic carbocycles. The van der Waals surface area contributed by atoms with Crippen molar-refractivity contribution in [1.82, 2.24) is 4.57 Å². The van der Waals surface area contributed by atoms with E-state index in [0.717, 1.165) is 35.5 Å². The van der Waals surface area contributed by atoms with Crippen molar-refractivity contribution in [3.8, 4) is 22.3 Å². The highest BCUT2D eigenvalue weighted by atomic mass is 15.0. The van der Waals surface area contributed by atoms with Crippen LogP contribution in [0.25, 0.3) is 44.1 Å². The van der Waals surface area contributed by atoms with Crippen LogP contribution in [0.5, 0.6) is 0 Å². The van der Waals surface area contributed by atoms with E-state index >= 15 is 0 Å². The second kappa shape index (κ2) is 7.84. The van der Waals surface area contributed by atoms with E-state index in [1.54, 1.807) is 0 Å². The largest absolute Gasteiger partial charge is 0.399 e. The zero-order valence-corrected chi connectivity index (χ0v) is 17.8. The first-order valence-electron chi connectivity index (χ1n) is 10.9. The lowest BCUT2D eigenvalue weighted by Crippen LogP contribution is -1.97. The van der Waals surface area contributed by atoms with Gasteiger partial charge in [0.05, 0.1) is 0 Å². The van der Waals surface area contributed by atoms with Crippen molar-refractivity contribution in [1.29, 1.82) is 0 Å². The van der Waals surface area contributed by atoms with Gasteiger partial charge >= 0.3 is 0 Å². The van der Waals surface area contributed by atoms with Crippen molar-refractivity contribution in [2.45, 2.75) is 26.3 Å². The minimum absolute atomic E-state index is 0.784. The van der Waals surface area contributed by atoms with Gasteiger partial charge in [0, 0.05) is 39.7 Å². The van der Waals surface area contributed by atoms with Gasteiger partial charge in [-0.25, -0.2) is 0 Å². The number of hydrogen-bond donors (Lipinski definition) is 2. The van der Waals surface area contributed by atoms with Crippen LogP contribution in [0.1, 0.15) is 19.8 Å². The molecular formula is C28H27N3. The Morgan fingerprint density at radius 3 is 1.55 bits per heavy atom. The highest BCUT2D eigenvalue weighted by Gasteiger charge is 2.13. The van der Waals surface area contributed by atoms with Crippen LogP contribution in [0.4, 0.5) is 11.4 Å². The molecule has 154 valence electrons. The molecule has 3 heteroatoms. The number of aryl methyl sites for hydroxylation is 1. The van der Waals surface area contributed by atoms with Crippen LogP contribution in [-0.2, 0) is 6.54 Å². The predicted octanol–water partition coefficient (Wildman–Crippen LogP) is 7.09. The number of rotatable bonds is 5. The number of hydrogen-bond acceptors (Lipinski definition) is 2. The third-order valence-electron chi connectivity index (χ3n) is 6.04. The maximum absolute atomic E-state index is 6.04. The molecule has 5 rings (SSSR count). The van der Waals surface area contributed by atoms with Crippen molar-refractivity contribution >= 4 is 33.2 Å². The lowest BCUT2D eigenvalue weighted by molar-refractivity contribution is 0.665. The molecule has 0 aliphatic rings. The second-order valence-electron chi connectivity index (χ2n) is 8.22. The fraction of sp³-hybridized carbons (Fsp3) is 0.143. The summed E-state index contributed by atoms with van der Waals surface area (Å²) in [4.78, 5) is 0. The molecule has 0 aliphatic heterocycles. The number of benzene rings is 4. The van der Waals surface area contributed by atoms with E-state index in [2.05, 4.69) is 60.0 Å². The molecule has 3 nitrogen and oxygen atoms in total. The number of nitrogen functional groups attached to an aromatic ring is 2. The third-order valence-corrected chi connectivity index (χ3v) is 6.04. The van der Waals surface area contributed by atoms with E-state index in [4.69, 9.17) is 11.5 Å². The third kappa shape index (κ3) is 3.53. The highest BCUT2D eigenvalue weighted by Crippen LogP contribution is 2.36. The summed E-state index contributed by atoms with van der Waals surface area (Å²) in [5.74, 6) is 0. The molecule has 0 saturated carbocycles. The summed E-state index contributed by atoms with van der Waals surface area (Å²) in [5, 5.41) is 2.55. The molecule has 0 radical (unpaired) electrons. The molecule has 0 bridgehead atoms. The van der Waals surface area contributed by atoms with Gasteiger partial charge in [0.15, 0.2) is 0 Å². The first kappa shape index (κ1) is 19.3. The smallest absolute Gasteiger partial charge is 0.0491 e. The van der Waals surface area contributed by atoms with Crippen molar-refractivity contribution in [3.05, 3.63) is 84.9 Å². The van der Waals surface area contributed by atoms with E-state index in [1.807, 2.05) is 36.4 Å². The molecule has 5 aromatic rings. The normalized spacial score (nSPS) is 11.4. The fourth-order valence-electron chi connectivity index (χ4n) is 4.46. The lowest BCUT2D eigenvalue weighted by Gasteiger charge is -2.08. The average molecular weight is 406 g/mol. The Morgan fingerprint density at radius 1 is 0.613 bits per heavy atom. The minimum atomic E-state index is 0.784. The zero-order valence-electron chi connectivity index (χ0n) is 17.8. The Hall–Kier alpha value is -3.72. The number of unbranched alkanes of at least 4 members (excludes halogenated alkanes) is 1. The van der Waals surface area contributed by atoms with Crippen molar-refractivity contribution in [2.75, 3.05) is 11.5 Å². The minimum Gasteiger partial charge on any atom is -0.399 e. The summed E-state index contributed by atoms with van der Waals surface area (Å²) in [5.41, 5.74) is 20.9. The fourth-order valence-corrected chi connectivity index (χ4v) is 4.46. The molecule has 4 aromatic carbocycles. The number of anilines is 2. The average Bonchev–Trinajstić information content (AvgIpc) is 3.10. The SMILES string of the molecule is CCCCn1c2ccc(-c3cccc(N)c3)cc2c2cc(-c3cccc(N)c3)ccc21. The van der Waals surface area contributed by atoms with Crippen LogP contribution in [0.2, 0.25) is 0 Å². The van der Waals surface area contributed by atoms with Gasteiger partial charge in [-0.2, -0.15) is 0 Å². The number of aromatic nitrogens is 1. The maximum atomic E-state index is 6.04. The summed E-state index contributed by atoms with van der Waals surface area (Å²) in [6.45, 7) is 3.26. The molecule has 1 heterocycles. The Bertz CT molecular complexity index is 1290. The first-order chi connectivity index (χ1) is 15.1. The number of nitrogens with two attached hydrogens (primary N) is 2. The standard InChI is InChI=1S/C28H27N3/c1-2-3-14-31-27-12-10-21(19-6-4-8-23(29)15-19)17-25(27)26-18-22(11-13-28(26)31)20-7-5-9-24(30)16-20/h4-13,15-18H,2-3,14,29-30H2,1H3. The van der Waals surface area contributed by atoms with E-state index in [1.165, 1.54) is 39.4 Å².